The fourth-order valence-electron chi connectivity index (χ4n) is 4.56. The number of nitrogens with zero attached hydrogens (tertiary/aromatic N) is 3. The fraction of sp³-hybridized carbons (Fsp3) is 0.560. The second kappa shape index (κ2) is 11.6. The van der Waals surface area contributed by atoms with Crippen LogP contribution in [0.2, 0.25) is 0 Å². The van der Waals surface area contributed by atoms with Crippen molar-refractivity contribution in [3.8, 4) is 0 Å². The number of allylic oxidation sites excluding steroid dienone is 4. The molecule has 1 saturated heterocycles. The Morgan fingerprint density at radius 2 is 1.74 bits per heavy atom. The molecule has 1 heterocycles. The normalized spacial score (nSPS) is 21.4. The molecule has 1 aliphatic heterocycles. The monoisotopic (exact) mass is 609 g/mol. The molecule has 0 radical (unpaired) electrons. The number of benzene rings is 1. The van der Waals surface area contributed by atoms with Gasteiger partial charge in [-0.1, -0.05) is 50.4 Å². The molecule has 1 aliphatic carbocycles. The van der Waals surface area contributed by atoms with Crippen LogP contribution in [0.4, 0.5) is 18.9 Å². The topological polar surface area (TPSA) is 98.2 Å². The standard InChI is InChI=1S/C25H34F3N3O5S3/c1-18(2)15-30(38(4,33)34)17-21-16-29(39(35,36)23-8-6-5-7-22(23)37)13-14-31(21)20-11-9-19(10-12-20)24(3,32)25(26,27)28/h5-6,8-12,18,21,32H,7,13-17H2,1-4H3/t21-,24?/m1/s1. The molecule has 1 aromatic carbocycles. The lowest BCUT2D eigenvalue weighted by molar-refractivity contribution is -0.258. The molecule has 0 saturated carbocycles. The summed E-state index contributed by atoms with van der Waals surface area (Å²) in [7, 11) is -7.61. The van der Waals surface area contributed by atoms with Crippen LogP contribution < -0.4 is 4.90 Å². The second-order valence-electron chi connectivity index (χ2n) is 10.4. The number of hydrogen-bond acceptors (Lipinski definition) is 7. The molecule has 218 valence electrons. The summed E-state index contributed by atoms with van der Waals surface area (Å²) in [6.07, 6.45) is 1.37. The average molecular weight is 610 g/mol. The summed E-state index contributed by atoms with van der Waals surface area (Å²) in [6, 6.07) is 4.53. The highest BCUT2D eigenvalue weighted by molar-refractivity contribution is 7.96. The van der Waals surface area contributed by atoms with Gasteiger partial charge in [0.1, 0.15) is 0 Å². The largest absolute Gasteiger partial charge is 0.421 e. The maximum Gasteiger partial charge on any atom is 0.421 e. The highest BCUT2D eigenvalue weighted by Gasteiger charge is 2.51. The van der Waals surface area contributed by atoms with Crippen LogP contribution in [0, 0.1) is 5.92 Å². The third kappa shape index (κ3) is 7.09. The fourth-order valence-corrected chi connectivity index (χ4v) is 7.65. The summed E-state index contributed by atoms with van der Waals surface area (Å²) >= 11 is 5.28. The van der Waals surface area contributed by atoms with Crippen LogP contribution in [0.25, 0.3) is 0 Å². The van der Waals surface area contributed by atoms with E-state index >= 15 is 0 Å². The zero-order valence-electron chi connectivity index (χ0n) is 22.2. The van der Waals surface area contributed by atoms with Crippen molar-refractivity contribution in [1.29, 1.82) is 0 Å². The molecule has 39 heavy (non-hydrogen) atoms. The number of hydrogen-bond donors (Lipinski definition) is 1. The highest BCUT2D eigenvalue weighted by atomic mass is 32.2. The summed E-state index contributed by atoms with van der Waals surface area (Å²) < 4.78 is 94.8. The van der Waals surface area contributed by atoms with Gasteiger partial charge in [-0.25, -0.2) is 16.8 Å². The van der Waals surface area contributed by atoms with Gasteiger partial charge in [-0.05, 0) is 36.6 Å². The third-order valence-corrected chi connectivity index (χ3v) is 10.5. The number of aliphatic hydroxyl groups is 1. The molecule has 14 heteroatoms. The van der Waals surface area contributed by atoms with E-state index in [0.717, 1.165) is 6.26 Å². The van der Waals surface area contributed by atoms with Crippen LogP contribution in [0.15, 0.2) is 47.4 Å². The van der Waals surface area contributed by atoms with Gasteiger partial charge in [-0.2, -0.15) is 21.8 Å². The van der Waals surface area contributed by atoms with Crippen LogP contribution in [0.3, 0.4) is 0 Å². The third-order valence-electron chi connectivity index (χ3n) is 6.79. The Morgan fingerprint density at radius 3 is 2.26 bits per heavy atom. The predicted molar refractivity (Wildman–Crippen MR) is 149 cm³/mol. The van der Waals surface area contributed by atoms with Gasteiger partial charge in [-0.15, -0.1) is 0 Å². The number of anilines is 1. The Kier molecular flexibility index (Phi) is 9.40. The maximum atomic E-state index is 13.5. The average Bonchev–Trinajstić information content (AvgIpc) is 2.82. The van der Waals surface area contributed by atoms with E-state index in [0.29, 0.717) is 23.9 Å². The molecular weight excluding hydrogens is 575 g/mol. The summed E-state index contributed by atoms with van der Waals surface area (Å²) in [6.45, 7) is 4.74. The van der Waals surface area contributed by atoms with Gasteiger partial charge in [-0.3, -0.25) is 0 Å². The maximum absolute atomic E-state index is 13.5. The van der Waals surface area contributed by atoms with E-state index in [-0.39, 0.29) is 49.1 Å². The number of alkyl halides is 3. The predicted octanol–water partition coefficient (Wildman–Crippen LogP) is 3.41. The molecule has 0 aromatic heterocycles. The number of rotatable bonds is 9. The molecule has 1 unspecified atom stereocenters. The van der Waals surface area contributed by atoms with Crippen LogP contribution in [-0.4, -0.2) is 86.6 Å². The summed E-state index contributed by atoms with van der Waals surface area (Å²) in [5.74, 6) is -0.00274. The van der Waals surface area contributed by atoms with Crippen molar-refractivity contribution in [2.75, 3.05) is 43.9 Å². The molecule has 2 aliphatic rings. The van der Waals surface area contributed by atoms with Crippen LogP contribution in [-0.2, 0) is 25.6 Å². The molecule has 3 rings (SSSR count). The van der Waals surface area contributed by atoms with Crippen molar-refractivity contribution in [1.82, 2.24) is 8.61 Å². The van der Waals surface area contributed by atoms with Crippen molar-refractivity contribution in [3.63, 3.8) is 0 Å². The molecule has 0 amide bonds. The van der Waals surface area contributed by atoms with Gasteiger partial charge in [0.05, 0.1) is 17.2 Å². The van der Waals surface area contributed by atoms with Gasteiger partial charge in [0, 0.05) is 49.7 Å². The highest BCUT2D eigenvalue weighted by Crippen LogP contribution is 2.39. The molecule has 2 atom stereocenters. The van der Waals surface area contributed by atoms with Crippen LogP contribution >= 0.6 is 12.2 Å². The minimum atomic E-state index is -4.88. The van der Waals surface area contributed by atoms with E-state index in [1.807, 2.05) is 13.8 Å². The zero-order valence-corrected chi connectivity index (χ0v) is 24.7. The lowest BCUT2D eigenvalue weighted by atomic mass is 9.95. The summed E-state index contributed by atoms with van der Waals surface area (Å²) in [5.41, 5.74) is -2.92. The van der Waals surface area contributed by atoms with E-state index in [1.54, 1.807) is 17.1 Å². The smallest absolute Gasteiger partial charge is 0.376 e. The van der Waals surface area contributed by atoms with Gasteiger partial charge < -0.3 is 10.0 Å². The molecule has 0 spiro atoms. The van der Waals surface area contributed by atoms with Crippen LogP contribution in [0.5, 0.6) is 0 Å². The van der Waals surface area contributed by atoms with Crippen molar-refractivity contribution < 1.29 is 35.1 Å². The summed E-state index contributed by atoms with van der Waals surface area (Å²) in [4.78, 5) is 2.12. The van der Waals surface area contributed by atoms with E-state index in [4.69, 9.17) is 12.2 Å². The first-order chi connectivity index (χ1) is 17.9. The van der Waals surface area contributed by atoms with E-state index < -0.39 is 37.9 Å². The Bertz CT molecular complexity index is 1340. The first kappa shape index (κ1) is 31.7. The van der Waals surface area contributed by atoms with Crippen molar-refractivity contribution in [3.05, 3.63) is 53.0 Å². The SMILES string of the molecule is CC(C)CN(C[C@H]1CN(S(=O)(=O)C2=CC=CCC2=S)CCN1c1ccc(C(C)(O)C(F)(F)F)cc1)S(C)(=O)=O. The molecule has 1 fully saturated rings. The lowest BCUT2D eigenvalue weighted by Crippen LogP contribution is -2.59. The molecule has 8 nitrogen and oxygen atoms in total. The van der Waals surface area contributed by atoms with Crippen LogP contribution in [0.1, 0.15) is 32.8 Å². The number of piperazine rings is 1. The molecule has 0 bridgehead atoms. The Balaban J connectivity index is 1.98. The molecule has 1 N–H and O–H groups in total. The van der Waals surface area contributed by atoms with Gasteiger partial charge in [0.15, 0.2) is 5.60 Å². The second-order valence-corrected chi connectivity index (χ2v) is 14.8. The molecular formula is C25H34F3N3O5S3. The van der Waals surface area contributed by atoms with E-state index in [1.165, 1.54) is 39.0 Å². The first-order valence-electron chi connectivity index (χ1n) is 12.4. The Labute approximate surface area is 233 Å². The van der Waals surface area contributed by atoms with Gasteiger partial charge in [0.25, 0.3) is 0 Å². The lowest BCUT2D eigenvalue weighted by Gasteiger charge is -2.44. The zero-order chi connectivity index (χ0) is 29.4. The Morgan fingerprint density at radius 1 is 1.13 bits per heavy atom. The van der Waals surface area contributed by atoms with Crippen molar-refractivity contribution in [2.45, 2.75) is 45.0 Å². The van der Waals surface area contributed by atoms with E-state index in [9.17, 15) is 35.1 Å². The van der Waals surface area contributed by atoms with Crippen molar-refractivity contribution >= 4 is 42.8 Å². The number of sulfonamides is 2. The minimum absolute atomic E-state index is 0.00274. The van der Waals surface area contributed by atoms with E-state index in [2.05, 4.69) is 0 Å². The number of thiocarbonyl (C=S) groups is 1. The Hall–Kier alpha value is -1.84. The number of halogens is 3. The van der Waals surface area contributed by atoms with Gasteiger partial charge in [0.2, 0.25) is 20.0 Å². The first-order valence-corrected chi connectivity index (χ1v) is 16.1. The van der Waals surface area contributed by atoms with Crippen molar-refractivity contribution in [2.24, 2.45) is 5.92 Å². The summed E-state index contributed by atoms with van der Waals surface area (Å²) in [5, 5.41) is 10.0. The van der Waals surface area contributed by atoms with Gasteiger partial charge >= 0.3 is 6.18 Å². The molecule has 1 aromatic rings. The minimum Gasteiger partial charge on any atom is -0.376 e. The quantitative estimate of drug-likeness (QED) is 0.429.